The highest BCUT2D eigenvalue weighted by atomic mass is 16.5. The first-order chi connectivity index (χ1) is 13.0. The standard InChI is InChI=1S/C20H18N4O3/c1-3-27-18(25)9-14-8-16(13-4-6-15(26-2)7-5-13)17(10-21)19(24)20(14,11-22)12-23/h4-7,9,16H,3,8,24H2,1-2H3/b14-9+. The van der Waals surface area contributed by atoms with Gasteiger partial charge in [-0.05, 0) is 36.6 Å². The Bertz CT molecular complexity index is 910. The molecule has 2 N–H and O–H groups in total. The summed E-state index contributed by atoms with van der Waals surface area (Å²) in [5, 5.41) is 28.9. The van der Waals surface area contributed by atoms with E-state index in [0.29, 0.717) is 5.75 Å². The molecule has 1 atom stereocenters. The van der Waals surface area contributed by atoms with Crippen LogP contribution in [0.1, 0.15) is 24.8 Å². The third kappa shape index (κ3) is 3.47. The van der Waals surface area contributed by atoms with Crippen molar-refractivity contribution in [3.8, 4) is 24.0 Å². The molecule has 27 heavy (non-hydrogen) atoms. The predicted octanol–water partition coefficient (Wildman–Crippen LogP) is 2.44. The second kappa shape index (κ2) is 8.08. The van der Waals surface area contributed by atoms with E-state index in [2.05, 4.69) is 0 Å². The second-order valence-corrected chi connectivity index (χ2v) is 5.86. The smallest absolute Gasteiger partial charge is 0.330 e. The minimum Gasteiger partial charge on any atom is -0.497 e. The molecule has 0 heterocycles. The van der Waals surface area contributed by atoms with Crippen LogP contribution in [0.3, 0.4) is 0 Å². The number of carbonyl (C=O) groups excluding carboxylic acids is 1. The Morgan fingerprint density at radius 1 is 1.30 bits per heavy atom. The molecule has 136 valence electrons. The molecular weight excluding hydrogens is 344 g/mol. The van der Waals surface area contributed by atoms with Gasteiger partial charge in [0.15, 0.2) is 0 Å². The number of hydrogen-bond acceptors (Lipinski definition) is 7. The first-order valence-corrected chi connectivity index (χ1v) is 8.21. The molecule has 0 aromatic heterocycles. The maximum Gasteiger partial charge on any atom is 0.330 e. The predicted molar refractivity (Wildman–Crippen MR) is 95.6 cm³/mol. The maximum atomic E-state index is 12.0. The molecule has 0 bridgehead atoms. The zero-order chi connectivity index (χ0) is 20.0. The number of nitrogens with zero attached hydrogens (tertiary/aromatic N) is 3. The number of allylic oxidation sites excluding steroid dienone is 2. The van der Waals surface area contributed by atoms with Crippen LogP contribution in [-0.2, 0) is 9.53 Å². The molecule has 0 fully saturated rings. The van der Waals surface area contributed by atoms with Gasteiger partial charge in [0.05, 0.1) is 43.2 Å². The van der Waals surface area contributed by atoms with E-state index < -0.39 is 17.3 Å². The number of hydrogen-bond donors (Lipinski definition) is 1. The van der Waals surface area contributed by atoms with Gasteiger partial charge in [0.1, 0.15) is 5.75 Å². The first-order valence-electron chi connectivity index (χ1n) is 8.21. The van der Waals surface area contributed by atoms with Gasteiger partial charge >= 0.3 is 5.97 Å². The van der Waals surface area contributed by atoms with Crippen LogP contribution in [-0.4, -0.2) is 19.7 Å². The van der Waals surface area contributed by atoms with Gasteiger partial charge in [0.2, 0.25) is 5.41 Å². The Kier molecular flexibility index (Phi) is 5.85. The highest BCUT2D eigenvalue weighted by molar-refractivity contribution is 5.84. The number of benzene rings is 1. The third-order valence-electron chi connectivity index (χ3n) is 4.50. The van der Waals surface area contributed by atoms with Gasteiger partial charge in [-0.2, -0.15) is 15.8 Å². The van der Waals surface area contributed by atoms with Crippen LogP contribution in [0.2, 0.25) is 0 Å². The summed E-state index contributed by atoms with van der Waals surface area (Å²) in [4.78, 5) is 12.0. The highest BCUT2D eigenvalue weighted by Crippen LogP contribution is 2.48. The Balaban J connectivity index is 2.66. The Morgan fingerprint density at radius 3 is 2.41 bits per heavy atom. The molecule has 0 aliphatic heterocycles. The molecule has 0 saturated carbocycles. The molecule has 0 saturated heterocycles. The Hall–Kier alpha value is -3.76. The van der Waals surface area contributed by atoms with Crippen molar-refractivity contribution in [3.05, 3.63) is 52.7 Å². The average Bonchev–Trinajstić information content (AvgIpc) is 2.68. The topological polar surface area (TPSA) is 133 Å². The van der Waals surface area contributed by atoms with Gasteiger partial charge in [-0.1, -0.05) is 12.1 Å². The van der Waals surface area contributed by atoms with Gasteiger partial charge < -0.3 is 15.2 Å². The van der Waals surface area contributed by atoms with Gasteiger partial charge in [0, 0.05) is 12.0 Å². The summed E-state index contributed by atoms with van der Waals surface area (Å²) in [5.74, 6) is -0.504. The quantitative estimate of drug-likeness (QED) is 0.642. The van der Waals surface area contributed by atoms with E-state index in [1.54, 1.807) is 38.3 Å². The number of rotatable bonds is 4. The van der Waals surface area contributed by atoms with Crippen LogP contribution in [0.15, 0.2) is 47.2 Å². The van der Waals surface area contributed by atoms with Gasteiger partial charge in [0.25, 0.3) is 0 Å². The second-order valence-electron chi connectivity index (χ2n) is 5.86. The zero-order valence-electron chi connectivity index (χ0n) is 15.0. The van der Waals surface area contributed by atoms with E-state index >= 15 is 0 Å². The van der Waals surface area contributed by atoms with E-state index in [0.717, 1.165) is 11.6 Å². The van der Waals surface area contributed by atoms with E-state index in [1.165, 1.54) is 0 Å². The van der Waals surface area contributed by atoms with Crippen molar-refractivity contribution < 1.29 is 14.3 Å². The van der Waals surface area contributed by atoms with Crippen molar-refractivity contribution >= 4 is 5.97 Å². The molecule has 0 radical (unpaired) electrons. The summed E-state index contributed by atoms with van der Waals surface area (Å²) in [6.07, 6.45) is 1.25. The molecule has 0 amide bonds. The number of ether oxygens (including phenoxy) is 2. The van der Waals surface area contributed by atoms with Gasteiger partial charge in [-0.25, -0.2) is 4.79 Å². The summed E-state index contributed by atoms with van der Waals surface area (Å²) in [6, 6.07) is 12.8. The van der Waals surface area contributed by atoms with Crippen molar-refractivity contribution in [3.63, 3.8) is 0 Å². The monoisotopic (exact) mass is 362 g/mol. The van der Waals surface area contributed by atoms with Crippen LogP contribution < -0.4 is 10.5 Å². The number of methoxy groups -OCH3 is 1. The SMILES string of the molecule is CCOC(=O)/C=C1\CC(c2ccc(OC)cc2)C(C#N)=C(N)C1(C#N)C#N. The largest absolute Gasteiger partial charge is 0.497 e. The van der Waals surface area contributed by atoms with Crippen LogP contribution in [0.5, 0.6) is 5.75 Å². The van der Waals surface area contributed by atoms with Crippen molar-refractivity contribution in [2.24, 2.45) is 11.1 Å². The lowest BCUT2D eigenvalue weighted by molar-refractivity contribution is -0.137. The number of esters is 1. The molecular formula is C20H18N4O3. The molecule has 7 heteroatoms. The molecule has 1 unspecified atom stereocenters. The Morgan fingerprint density at radius 2 is 1.93 bits per heavy atom. The molecule has 1 aliphatic rings. The summed E-state index contributed by atoms with van der Waals surface area (Å²) in [7, 11) is 1.54. The zero-order valence-corrected chi connectivity index (χ0v) is 15.0. The molecule has 0 spiro atoms. The fourth-order valence-corrected chi connectivity index (χ4v) is 3.08. The molecule has 2 rings (SSSR count). The fraction of sp³-hybridized carbons (Fsp3) is 0.300. The fourth-order valence-electron chi connectivity index (χ4n) is 3.08. The minimum atomic E-state index is -1.87. The molecule has 1 aliphatic carbocycles. The van der Waals surface area contributed by atoms with Crippen LogP contribution in [0.4, 0.5) is 0 Å². The van der Waals surface area contributed by atoms with Crippen molar-refractivity contribution in [1.82, 2.24) is 0 Å². The van der Waals surface area contributed by atoms with Crippen molar-refractivity contribution in [2.45, 2.75) is 19.3 Å². The lowest BCUT2D eigenvalue weighted by Crippen LogP contribution is -2.35. The van der Waals surface area contributed by atoms with E-state index in [-0.39, 0.29) is 29.9 Å². The normalized spacial score (nSPS) is 19.5. The summed E-state index contributed by atoms with van der Waals surface area (Å²) >= 11 is 0. The minimum absolute atomic E-state index is 0.121. The van der Waals surface area contributed by atoms with Crippen molar-refractivity contribution in [1.29, 1.82) is 15.8 Å². The van der Waals surface area contributed by atoms with Crippen LogP contribution in [0.25, 0.3) is 0 Å². The van der Waals surface area contributed by atoms with E-state index in [1.807, 2.05) is 18.2 Å². The number of nitriles is 3. The first kappa shape index (κ1) is 19.6. The van der Waals surface area contributed by atoms with Gasteiger partial charge in [-0.15, -0.1) is 0 Å². The highest BCUT2D eigenvalue weighted by Gasteiger charge is 2.46. The molecule has 7 nitrogen and oxygen atoms in total. The van der Waals surface area contributed by atoms with Gasteiger partial charge in [-0.3, -0.25) is 0 Å². The lowest BCUT2D eigenvalue weighted by atomic mass is 9.66. The number of carbonyl (C=O) groups is 1. The lowest BCUT2D eigenvalue weighted by Gasteiger charge is -2.33. The molecule has 1 aromatic carbocycles. The summed E-state index contributed by atoms with van der Waals surface area (Å²) < 4.78 is 10.1. The molecule has 1 aromatic rings. The van der Waals surface area contributed by atoms with E-state index in [4.69, 9.17) is 15.2 Å². The summed E-state index contributed by atoms with van der Waals surface area (Å²) in [5.41, 5.74) is 5.19. The number of nitrogens with two attached hydrogens (primary N) is 1. The van der Waals surface area contributed by atoms with E-state index in [9.17, 15) is 20.6 Å². The Labute approximate surface area is 157 Å². The van der Waals surface area contributed by atoms with Crippen molar-refractivity contribution in [2.75, 3.05) is 13.7 Å². The van der Waals surface area contributed by atoms with Crippen LogP contribution in [0, 0.1) is 39.4 Å². The summed E-state index contributed by atoms with van der Waals surface area (Å²) in [6.45, 7) is 1.81. The maximum absolute atomic E-state index is 12.0. The average molecular weight is 362 g/mol. The van der Waals surface area contributed by atoms with Crippen LogP contribution >= 0.6 is 0 Å². The third-order valence-corrected chi connectivity index (χ3v) is 4.50.